The zero-order chi connectivity index (χ0) is 10.8. The van der Waals surface area contributed by atoms with Crippen molar-refractivity contribution in [3.05, 3.63) is 43.4 Å². The summed E-state index contributed by atoms with van der Waals surface area (Å²) in [5.74, 6) is 0. The number of hydrogen-bond acceptors (Lipinski definition) is 3. The Labute approximate surface area is 99.6 Å². The van der Waals surface area contributed by atoms with Crippen molar-refractivity contribution >= 4 is 22.6 Å². The molecule has 6 heteroatoms. The SMILES string of the molecule is Cc1c(I)cccc1Cn1nn[nH]c1=O. The van der Waals surface area contributed by atoms with Crippen LogP contribution in [-0.4, -0.2) is 20.2 Å². The van der Waals surface area contributed by atoms with E-state index in [1.165, 1.54) is 13.8 Å². The third-order valence-corrected chi connectivity index (χ3v) is 3.40. The summed E-state index contributed by atoms with van der Waals surface area (Å²) in [5.41, 5.74) is 1.97. The topological polar surface area (TPSA) is 63.6 Å². The van der Waals surface area contributed by atoms with Crippen molar-refractivity contribution in [3.8, 4) is 0 Å². The van der Waals surface area contributed by atoms with Gasteiger partial charge in [-0.25, -0.2) is 9.89 Å². The Hall–Kier alpha value is -1.18. The van der Waals surface area contributed by atoms with Gasteiger partial charge in [0.05, 0.1) is 6.54 Å². The first kappa shape index (κ1) is 10.3. The lowest BCUT2D eigenvalue weighted by Crippen LogP contribution is -2.19. The van der Waals surface area contributed by atoms with Crippen molar-refractivity contribution in [2.75, 3.05) is 0 Å². The molecule has 0 radical (unpaired) electrons. The van der Waals surface area contributed by atoms with Crippen molar-refractivity contribution in [3.63, 3.8) is 0 Å². The molecule has 78 valence electrons. The summed E-state index contributed by atoms with van der Waals surface area (Å²) >= 11 is 2.27. The molecule has 0 amide bonds. The third kappa shape index (κ3) is 2.09. The molecule has 0 aliphatic rings. The van der Waals surface area contributed by atoms with Crippen molar-refractivity contribution in [2.45, 2.75) is 13.5 Å². The summed E-state index contributed by atoms with van der Waals surface area (Å²) in [6, 6.07) is 5.98. The number of aromatic amines is 1. The minimum absolute atomic E-state index is 0.284. The fourth-order valence-electron chi connectivity index (χ4n) is 1.31. The number of halogens is 1. The molecular weight excluding hydrogens is 307 g/mol. The van der Waals surface area contributed by atoms with Gasteiger partial charge in [0, 0.05) is 3.57 Å². The quantitative estimate of drug-likeness (QED) is 0.838. The van der Waals surface area contributed by atoms with E-state index in [1.54, 1.807) is 0 Å². The number of hydrogen-bond donors (Lipinski definition) is 1. The molecule has 0 unspecified atom stereocenters. The van der Waals surface area contributed by atoms with E-state index in [0.717, 1.165) is 5.56 Å². The standard InChI is InChI=1S/C9H9IN4O/c1-6-7(3-2-4-8(6)10)5-14-9(15)11-12-13-14/h2-4H,5H2,1H3,(H,11,13,15). The van der Waals surface area contributed by atoms with Gasteiger partial charge in [0.1, 0.15) is 0 Å². The van der Waals surface area contributed by atoms with Crippen LogP contribution in [0.5, 0.6) is 0 Å². The van der Waals surface area contributed by atoms with Crippen LogP contribution in [0.25, 0.3) is 0 Å². The predicted molar refractivity (Wildman–Crippen MR) is 63.6 cm³/mol. The normalized spacial score (nSPS) is 10.5. The van der Waals surface area contributed by atoms with Gasteiger partial charge in [0.2, 0.25) is 0 Å². The van der Waals surface area contributed by atoms with E-state index in [1.807, 2.05) is 25.1 Å². The second-order valence-corrected chi connectivity index (χ2v) is 4.35. The predicted octanol–water partition coefficient (Wildman–Crippen LogP) is 0.928. The van der Waals surface area contributed by atoms with E-state index in [9.17, 15) is 4.79 Å². The van der Waals surface area contributed by atoms with Crippen molar-refractivity contribution in [1.29, 1.82) is 0 Å². The van der Waals surface area contributed by atoms with E-state index in [2.05, 4.69) is 38.1 Å². The largest absolute Gasteiger partial charge is 0.361 e. The van der Waals surface area contributed by atoms with E-state index in [0.29, 0.717) is 6.54 Å². The van der Waals surface area contributed by atoms with Crippen LogP contribution in [0.4, 0.5) is 0 Å². The highest BCUT2D eigenvalue weighted by molar-refractivity contribution is 14.1. The fraction of sp³-hybridized carbons (Fsp3) is 0.222. The van der Waals surface area contributed by atoms with Gasteiger partial charge in [0.15, 0.2) is 0 Å². The van der Waals surface area contributed by atoms with Gasteiger partial charge in [0.25, 0.3) is 0 Å². The summed E-state index contributed by atoms with van der Waals surface area (Å²) in [7, 11) is 0. The monoisotopic (exact) mass is 316 g/mol. The fourth-order valence-corrected chi connectivity index (χ4v) is 1.86. The molecule has 0 fully saturated rings. The number of aromatic nitrogens is 4. The molecule has 0 aliphatic heterocycles. The smallest absolute Gasteiger partial charge is 0.245 e. The average molecular weight is 316 g/mol. The molecule has 1 N–H and O–H groups in total. The van der Waals surface area contributed by atoms with Crippen LogP contribution in [-0.2, 0) is 6.54 Å². The molecule has 2 rings (SSSR count). The molecule has 2 aromatic rings. The molecule has 5 nitrogen and oxygen atoms in total. The first-order valence-corrected chi connectivity index (χ1v) is 5.48. The first-order valence-electron chi connectivity index (χ1n) is 4.40. The lowest BCUT2D eigenvalue weighted by atomic mass is 10.1. The van der Waals surface area contributed by atoms with E-state index in [-0.39, 0.29) is 5.69 Å². The minimum atomic E-state index is -0.284. The average Bonchev–Trinajstić information content (AvgIpc) is 2.60. The Bertz CT molecular complexity index is 531. The lowest BCUT2D eigenvalue weighted by Gasteiger charge is -2.05. The van der Waals surface area contributed by atoms with Gasteiger partial charge in [-0.05, 0) is 57.1 Å². The van der Waals surface area contributed by atoms with E-state index in [4.69, 9.17) is 0 Å². The zero-order valence-corrected chi connectivity index (χ0v) is 10.2. The van der Waals surface area contributed by atoms with Crippen LogP contribution in [0.15, 0.2) is 23.0 Å². The van der Waals surface area contributed by atoms with Gasteiger partial charge < -0.3 is 0 Å². The molecule has 0 spiro atoms. The van der Waals surface area contributed by atoms with Crippen LogP contribution in [0.2, 0.25) is 0 Å². The summed E-state index contributed by atoms with van der Waals surface area (Å²) in [4.78, 5) is 11.2. The van der Waals surface area contributed by atoms with Crippen LogP contribution in [0.3, 0.4) is 0 Å². The highest BCUT2D eigenvalue weighted by Crippen LogP contribution is 2.15. The minimum Gasteiger partial charge on any atom is -0.245 e. The van der Waals surface area contributed by atoms with Crippen molar-refractivity contribution in [1.82, 2.24) is 20.2 Å². The number of nitrogens with one attached hydrogen (secondary N) is 1. The maximum Gasteiger partial charge on any atom is 0.361 e. The van der Waals surface area contributed by atoms with Crippen LogP contribution < -0.4 is 5.69 Å². The van der Waals surface area contributed by atoms with Gasteiger partial charge in [-0.1, -0.05) is 12.1 Å². The summed E-state index contributed by atoms with van der Waals surface area (Å²) in [5, 5.41) is 9.39. The summed E-state index contributed by atoms with van der Waals surface area (Å²) < 4.78 is 2.49. The van der Waals surface area contributed by atoms with Crippen LogP contribution >= 0.6 is 22.6 Å². The number of tetrazole rings is 1. The maximum atomic E-state index is 11.2. The summed E-state index contributed by atoms with van der Waals surface area (Å²) in [6.07, 6.45) is 0. The Morgan fingerprint density at radius 3 is 3.00 bits per heavy atom. The first-order chi connectivity index (χ1) is 7.18. The Kier molecular flexibility index (Phi) is 2.85. The molecule has 0 atom stereocenters. The molecule has 0 saturated carbocycles. The lowest BCUT2D eigenvalue weighted by molar-refractivity contribution is 0.629. The van der Waals surface area contributed by atoms with E-state index >= 15 is 0 Å². The van der Waals surface area contributed by atoms with Crippen molar-refractivity contribution < 1.29 is 0 Å². The van der Waals surface area contributed by atoms with Crippen molar-refractivity contribution in [2.24, 2.45) is 0 Å². The van der Waals surface area contributed by atoms with Gasteiger partial charge in [-0.2, -0.15) is 4.68 Å². The number of benzene rings is 1. The molecule has 0 bridgehead atoms. The third-order valence-electron chi connectivity index (χ3n) is 2.23. The van der Waals surface area contributed by atoms with Crippen LogP contribution in [0.1, 0.15) is 11.1 Å². The molecular formula is C9H9IN4O. The highest BCUT2D eigenvalue weighted by Gasteiger charge is 2.05. The summed E-state index contributed by atoms with van der Waals surface area (Å²) in [6.45, 7) is 2.49. The number of rotatable bonds is 2. The zero-order valence-electron chi connectivity index (χ0n) is 8.07. The number of nitrogens with zero attached hydrogens (tertiary/aromatic N) is 3. The van der Waals surface area contributed by atoms with Gasteiger partial charge in [-0.3, -0.25) is 0 Å². The molecule has 15 heavy (non-hydrogen) atoms. The Balaban J connectivity index is 2.37. The van der Waals surface area contributed by atoms with Crippen LogP contribution in [0, 0.1) is 10.5 Å². The molecule has 1 aromatic heterocycles. The molecule has 1 heterocycles. The molecule has 0 aliphatic carbocycles. The second kappa shape index (κ2) is 4.13. The maximum absolute atomic E-state index is 11.2. The van der Waals surface area contributed by atoms with Gasteiger partial charge in [-0.15, -0.1) is 0 Å². The van der Waals surface area contributed by atoms with Gasteiger partial charge >= 0.3 is 5.69 Å². The second-order valence-electron chi connectivity index (χ2n) is 3.19. The molecule has 0 saturated heterocycles. The highest BCUT2D eigenvalue weighted by atomic mass is 127. The Morgan fingerprint density at radius 2 is 2.33 bits per heavy atom. The van der Waals surface area contributed by atoms with E-state index < -0.39 is 0 Å². The number of H-pyrrole nitrogens is 1. The Morgan fingerprint density at radius 1 is 1.53 bits per heavy atom. The molecule has 1 aromatic carbocycles.